The number of anilines is 1. The minimum atomic E-state index is -4.71. The number of aromatic nitrogens is 2. The van der Waals surface area contributed by atoms with Gasteiger partial charge < -0.3 is 14.5 Å². The molecule has 3 aromatic rings. The second-order valence-electron chi connectivity index (χ2n) is 5.25. The molecule has 1 N–H and O–H groups in total. The monoisotopic (exact) mass is 349 g/mol. The summed E-state index contributed by atoms with van der Waals surface area (Å²) in [6.45, 7) is 1.81. The maximum atomic E-state index is 12.2. The first kappa shape index (κ1) is 16.8. The Morgan fingerprint density at radius 3 is 2.32 bits per heavy atom. The van der Waals surface area contributed by atoms with E-state index in [1.807, 2.05) is 37.3 Å². The lowest BCUT2D eigenvalue weighted by Gasteiger charge is -2.13. The van der Waals surface area contributed by atoms with Crippen LogP contribution in [0.15, 0.2) is 59.0 Å². The number of rotatable bonds is 5. The summed E-state index contributed by atoms with van der Waals surface area (Å²) >= 11 is 0. The van der Waals surface area contributed by atoms with Crippen molar-refractivity contribution in [2.45, 2.75) is 19.3 Å². The van der Waals surface area contributed by atoms with Gasteiger partial charge in [-0.3, -0.25) is 0 Å². The second-order valence-corrected chi connectivity index (χ2v) is 5.25. The first-order chi connectivity index (χ1) is 11.9. The molecule has 0 unspecified atom stereocenters. The van der Waals surface area contributed by atoms with E-state index >= 15 is 0 Å². The Morgan fingerprint density at radius 2 is 1.68 bits per heavy atom. The van der Waals surface area contributed by atoms with Crippen molar-refractivity contribution in [2.75, 3.05) is 5.32 Å². The normalized spacial score (nSPS) is 12.6. The molecule has 8 heteroatoms. The molecule has 0 aliphatic carbocycles. The highest BCUT2D eigenvalue weighted by Crippen LogP contribution is 2.26. The number of ether oxygens (including phenoxy) is 1. The molecule has 0 spiro atoms. The fourth-order valence-corrected chi connectivity index (χ4v) is 2.17. The smallest absolute Gasteiger partial charge is 0.418 e. The molecule has 3 rings (SSSR count). The molecular formula is C17H14F3N3O2. The minimum absolute atomic E-state index is 0.283. The summed E-state index contributed by atoms with van der Waals surface area (Å²) in [7, 11) is 0. The second kappa shape index (κ2) is 6.84. The van der Waals surface area contributed by atoms with E-state index in [2.05, 4.69) is 20.3 Å². The van der Waals surface area contributed by atoms with Crippen LogP contribution in [0.5, 0.6) is 5.75 Å². The number of hydrogen-bond acceptors (Lipinski definition) is 5. The molecule has 0 saturated heterocycles. The Hall–Kier alpha value is -3.03. The van der Waals surface area contributed by atoms with Gasteiger partial charge in [-0.15, -0.1) is 23.4 Å². The van der Waals surface area contributed by atoms with E-state index in [9.17, 15) is 13.2 Å². The third-order valence-corrected chi connectivity index (χ3v) is 3.30. The maximum Gasteiger partial charge on any atom is 0.573 e. The van der Waals surface area contributed by atoms with Crippen LogP contribution in [0.4, 0.5) is 18.9 Å². The molecule has 1 atom stereocenters. The lowest BCUT2D eigenvalue weighted by Crippen LogP contribution is -2.17. The quantitative estimate of drug-likeness (QED) is 0.716. The van der Waals surface area contributed by atoms with Crippen molar-refractivity contribution in [3.8, 4) is 17.2 Å². The molecule has 130 valence electrons. The topological polar surface area (TPSA) is 60.2 Å². The van der Waals surface area contributed by atoms with Gasteiger partial charge in [0, 0.05) is 11.3 Å². The fraction of sp³-hybridized carbons (Fsp3) is 0.176. The van der Waals surface area contributed by atoms with Crippen LogP contribution in [0.2, 0.25) is 0 Å². The predicted octanol–water partition coefficient (Wildman–Crippen LogP) is 4.81. The highest BCUT2D eigenvalue weighted by molar-refractivity contribution is 5.52. The van der Waals surface area contributed by atoms with Gasteiger partial charge in [-0.05, 0) is 43.3 Å². The van der Waals surface area contributed by atoms with Crippen LogP contribution < -0.4 is 10.1 Å². The number of halogens is 3. The van der Waals surface area contributed by atoms with Crippen LogP contribution in [0.3, 0.4) is 0 Å². The molecule has 0 radical (unpaired) electrons. The molecule has 0 bridgehead atoms. The van der Waals surface area contributed by atoms with Crippen LogP contribution in [-0.2, 0) is 0 Å². The van der Waals surface area contributed by atoms with Gasteiger partial charge in [-0.2, -0.15) is 0 Å². The van der Waals surface area contributed by atoms with Gasteiger partial charge in [0.25, 0.3) is 0 Å². The summed E-state index contributed by atoms with van der Waals surface area (Å²) in [5.41, 5.74) is 1.41. The molecule has 0 aliphatic heterocycles. The number of hydrogen-bond donors (Lipinski definition) is 1. The van der Waals surface area contributed by atoms with Crippen molar-refractivity contribution in [1.29, 1.82) is 0 Å². The van der Waals surface area contributed by atoms with Crippen LogP contribution in [-0.4, -0.2) is 16.6 Å². The minimum Gasteiger partial charge on any atom is -0.418 e. The van der Waals surface area contributed by atoms with E-state index in [1.165, 1.54) is 24.3 Å². The van der Waals surface area contributed by atoms with Crippen molar-refractivity contribution in [3.05, 3.63) is 60.5 Å². The molecule has 25 heavy (non-hydrogen) atoms. The highest BCUT2D eigenvalue weighted by Gasteiger charge is 2.31. The molecule has 2 aromatic carbocycles. The van der Waals surface area contributed by atoms with Gasteiger partial charge in [-0.25, -0.2) is 0 Å². The van der Waals surface area contributed by atoms with Gasteiger partial charge in [-0.1, -0.05) is 18.2 Å². The molecule has 0 saturated carbocycles. The summed E-state index contributed by atoms with van der Waals surface area (Å²) in [6, 6.07) is 14.4. The number of nitrogens with zero attached hydrogens (tertiary/aromatic N) is 2. The Kier molecular flexibility index (Phi) is 4.60. The van der Waals surface area contributed by atoms with Crippen molar-refractivity contribution in [1.82, 2.24) is 10.2 Å². The van der Waals surface area contributed by atoms with Gasteiger partial charge in [0.2, 0.25) is 11.8 Å². The maximum absolute atomic E-state index is 12.2. The van der Waals surface area contributed by atoms with Crippen molar-refractivity contribution < 1.29 is 22.3 Å². The summed E-state index contributed by atoms with van der Waals surface area (Å²) < 4.78 is 45.9. The van der Waals surface area contributed by atoms with Gasteiger partial charge in [0.05, 0.1) is 0 Å². The van der Waals surface area contributed by atoms with E-state index in [4.69, 9.17) is 4.42 Å². The first-order valence-corrected chi connectivity index (χ1v) is 7.42. The van der Waals surface area contributed by atoms with Gasteiger partial charge >= 0.3 is 6.36 Å². The first-order valence-electron chi connectivity index (χ1n) is 7.42. The Morgan fingerprint density at radius 1 is 1.00 bits per heavy atom. The van der Waals surface area contributed by atoms with Crippen LogP contribution in [0.25, 0.3) is 11.5 Å². The highest BCUT2D eigenvalue weighted by atomic mass is 19.4. The predicted molar refractivity (Wildman–Crippen MR) is 84.9 cm³/mol. The number of nitrogens with one attached hydrogen (secondary N) is 1. The van der Waals surface area contributed by atoms with E-state index < -0.39 is 6.36 Å². The SMILES string of the molecule is C[C@H](Nc1ccc(OC(F)(F)F)cc1)c1nnc(-c2ccccc2)o1. The molecule has 1 heterocycles. The van der Waals surface area contributed by atoms with Crippen molar-refractivity contribution in [2.24, 2.45) is 0 Å². The Balaban J connectivity index is 1.66. The lowest BCUT2D eigenvalue weighted by atomic mass is 10.2. The third-order valence-electron chi connectivity index (χ3n) is 3.30. The van der Waals surface area contributed by atoms with E-state index in [1.54, 1.807) is 0 Å². The fourth-order valence-electron chi connectivity index (χ4n) is 2.17. The summed E-state index contributed by atoms with van der Waals surface area (Å²) in [6.07, 6.45) is -4.71. The van der Waals surface area contributed by atoms with Crippen molar-refractivity contribution >= 4 is 5.69 Å². The zero-order valence-electron chi connectivity index (χ0n) is 13.1. The zero-order chi connectivity index (χ0) is 17.9. The zero-order valence-corrected chi connectivity index (χ0v) is 13.1. The summed E-state index contributed by atoms with van der Waals surface area (Å²) in [4.78, 5) is 0. The lowest BCUT2D eigenvalue weighted by molar-refractivity contribution is -0.274. The molecule has 0 fully saturated rings. The molecule has 5 nitrogen and oxygen atoms in total. The van der Waals surface area contributed by atoms with E-state index in [-0.39, 0.29) is 11.8 Å². The van der Waals surface area contributed by atoms with Crippen LogP contribution in [0.1, 0.15) is 18.9 Å². The van der Waals surface area contributed by atoms with Crippen LogP contribution >= 0.6 is 0 Å². The third kappa shape index (κ3) is 4.50. The van der Waals surface area contributed by atoms with Gasteiger partial charge in [0.1, 0.15) is 11.8 Å². The standard InChI is InChI=1S/C17H14F3N3O2/c1-11(15-22-23-16(24-15)12-5-3-2-4-6-12)21-13-7-9-14(10-8-13)25-17(18,19)20/h2-11,21H,1H3/t11-/m0/s1. The number of benzene rings is 2. The van der Waals surface area contributed by atoms with E-state index in [0.29, 0.717) is 17.5 Å². The molecular weight excluding hydrogens is 335 g/mol. The summed E-state index contributed by atoms with van der Waals surface area (Å²) in [5, 5.41) is 11.1. The molecule has 0 amide bonds. The average molecular weight is 349 g/mol. The molecule has 1 aromatic heterocycles. The van der Waals surface area contributed by atoms with Crippen LogP contribution in [0, 0.1) is 0 Å². The average Bonchev–Trinajstić information content (AvgIpc) is 3.06. The van der Waals surface area contributed by atoms with Crippen molar-refractivity contribution in [3.63, 3.8) is 0 Å². The molecule has 0 aliphatic rings. The Bertz CT molecular complexity index is 817. The Labute approximate surface area is 141 Å². The van der Waals surface area contributed by atoms with Gasteiger partial charge in [0.15, 0.2) is 0 Å². The largest absolute Gasteiger partial charge is 0.573 e. The number of alkyl halides is 3. The van der Waals surface area contributed by atoms with E-state index in [0.717, 1.165) is 5.56 Å². The summed E-state index contributed by atoms with van der Waals surface area (Å²) in [5.74, 6) is 0.488.